The van der Waals surface area contributed by atoms with Crippen LogP contribution in [0.4, 0.5) is 0 Å². The first-order valence-electron chi connectivity index (χ1n) is 9.80. The van der Waals surface area contributed by atoms with E-state index in [4.69, 9.17) is 9.47 Å². The fourth-order valence-electron chi connectivity index (χ4n) is 3.85. The Balaban J connectivity index is 1.61. The Morgan fingerprint density at radius 2 is 1.21 bits per heavy atom. The van der Waals surface area contributed by atoms with Gasteiger partial charge in [-0.05, 0) is 25.0 Å². The maximum atomic E-state index is 10.3. The smallest absolute Gasteiger partial charge is 0.162 e. The van der Waals surface area contributed by atoms with Gasteiger partial charge in [-0.25, -0.2) is 0 Å². The number of para-hydroxylation sites is 2. The Bertz CT molecular complexity index is 716. The van der Waals surface area contributed by atoms with E-state index in [9.17, 15) is 10.2 Å². The van der Waals surface area contributed by atoms with Crippen molar-refractivity contribution in [2.45, 2.75) is 50.9 Å². The number of hydrogen-bond acceptors (Lipinski definition) is 6. The molecule has 0 unspecified atom stereocenters. The van der Waals surface area contributed by atoms with Gasteiger partial charge in [0.1, 0.15) is 0 Å². The SMILES string of the molecule is COc1cccc(CN[C@H]2CCCC[C@@H]2NCc2cccc(OC)c2O)c1O. The van der Waals surface area contributed by atoms with Crippen molar-refractivity contribution in [2.75, 3.05) is 14.2 Å². The number of phenols is 2. The molecule has 0 aliphatic heterocycles. The number of aromatic hydroxyl groups is 2. The molecule has 6 nitrogen and oxygen atoms in total. The standard InChI is InChI=1S/C22H30N2O4/c1-27-19-11-5-7-15(21(19)25)13-23-17-9-3-4-10-18(17)24-14-16-8-6-12-20(28-2)22(16)26/h5-8,11-12,17-18,23-26H,3-4,9-10,13-14H2,1-2H3/t17-,18-/m0/s1. The first-order chi connectivity index (χ1) is 13.6. The van der Waals surface area contributed by atoms with Crippen molar-refractivity contribution in [3.63, 3.8) is 0 Å². The second-order valence-electron chi connectivity index (χ2n) is 7.20. The number of ether oxygens (including phenoxy) is 2. The Hall–Kier alpha value is -2.44. The van der Waals surface area contributed by atoms with Crippen LogP contribution >= 0.6 is 0 Å². The minimum Gasteiger partial charge on any atom is -0.504 e. The Morgan fingerprint density at radius 3 is 1.61 bits per heavy atom. The largest absolute Gasteiger partial charge is 0.504 e. The highest BCUT2D eigenvalue weighted by Crippen LogP contribution is 2.31. The molecule has 1 saturated carbocycles. The summed E-state index contributed by atoms with van der Waals surface area (Å²) in [6, 6.07) is 11.7. The molecular formula is C22H30N2O4. The number of nitrogens with one attached hydrogen (secondary N) is 2. The lowest BCUT2D eigenvalue weighted by Crippen LogP contribution is -2.49. The zero-order valence-electron chi connectivity index (χ0n) is 16.6. The van der Waals surface area contributed by atoms with Crippen molar-refractivity contribution in [3.05, 3.63) is 47.5 Å². The molecule has 0 bridgehead atoms. The first kappa shape index (κ1) is 20.3. The Morgan fingerprint density at radius 1 is 0.786 bits per heavy atom. The summed E-state index contributed by atoms with van der Waals surface area (Å²) in [5.41, 5.74) is 1.66. The minimum absolute atomic E-state index is 0.194. The van der Waals surface area contributed by atoms with E-state index in [0.717, 1.165) is 24.0 Å². The lowest BCUT2D eigenvalue weighted by molar-refractivity contribution is 0.278. The minimum atomic E-state index is 0.194. The molecule has 2 atom stereocenters. The third kappa shape index (κ3) is 4.69. The van der Waals surface area contributed by atoms with Gasteiger partial charge in [-0.2, -0.15) is 0 Å². The van der Waals surface area contributed by atoms with Crippen LogP contribution in [0.5, 0.6) is 23.0 Å². The lowest BCUT2D eigenvalue weighted by Gasteiger charge is -2.33. The molecule has 1 fully saturated rings. The van der Waals surface area contributed by atoms with Gasteiger partial charge < -0.3 is 30.3 Å². The summed E-state index contributed by atoms with van der Waals surface area (Å²) in [7, 11) is 3.11. The molecule has 3 rings (SSSR count). The summed E-state index contributed by atoms with van der Waals surface area (Å²) >= 11 is 0. The maximum absolute atomic E-state index is 10.3. The second-order valence-corrected chi connectivity index (χ2v) is 7.20. The lowest BCUT2D eigenvalue weighted by atomic mass is 9.90. The number of rotatable bonds is 8. The van der Waals surface area contributed by atoms with Crippen LogP contribution in [-0.2, 0) is 13.1 Å². The van der Waals surface area contributed by atoms with Crippen LogP contribution in [0, 0.1) is 0 Å². The van der Waals surface area contributed by atoms with Gasteiger partial charge in [0.15, 0.2) is 23.0 Å². The van der Waals surface area contributed by atoms with Crippen molar-refractivity contribution in [1.29, 1.82) is 0 Å². The summed E-state index contributed by atoms with van der Waals surface area (Å²) < 4.78 is 10.4. The molecule has 0 radical (unpaired) electrons. The van der Waals surface area contributed by atoms with E-state index in [1.165, 1.54) is 12.8 Å². The van der Waals surface area contributed by atoms with Crippen LogP contribution in [0.3, 0.4) is 0 Å². The van der Waals surface area contributed by atoms with Crippen LogP contribution in [0.2, 0.25) is 0 Å². The molecule has 6 heteroatoms. The van der Waals surface area contributed by atoms with E-state index in [1.54, 1.807) is 26.4 Å². The normalized spacial score (nSPS) is 19.4. The predicted molar refractivity (Wildman–Crippen MR) is 109 cm³/mol. The molecule has 152 valence electrons. The van der Waals surface area contributed by atoms with Gasteiger partial charge in [0.2, 0.25) is 0 Å². The predicted octanol–water partition coefficient (Wildman–Crippen LogP) is 3.31. The number of benzene rings is 2. The third-order valence-corrected chi connectivity index (χ3v) is 5.48. The number of phenolic OH excluding ortho intramolecular Hbond substituents is 2. The Kier molecular flexibility index (Phi) is 7.01. The maximum Gasteiger partial charge on any atom is 0.162 e. The van der Waals surface area contributed by atoms with Crippen molar-refractivity contribution < 1.29 is 19.7 Å². The van der Waals surface area contributed by atoms with Crippen LogP contribution in [0.15, 0.2) is 36.4 Å². The van der Waals surface area contributed by atoms with Gasteiger partial charge in [0.05, 0.1) is 14.2 Å². The van der Waals surface area contributed by atoms with E-state index in [0.29, 0.717) is 36.7 Å². The highest BCUT2D eigenvalue weighted by atomic mass is 16.5. The fourth-order valence-corrected chi connectivity index (χ4v) is 3.85. The monoisotopic (exact) mass is 386 g/mol. The van der Waals surface area contributed by atoms with Crippen molar-refractivity contribution in [2.24, 2.45) is 0 Å². The van der Waals surface area contributed by atoms with Gasteiger partial charge in [-0.1, -0.05) is 37.1 Å². The molecule has 2 aromatic rings. The average molecular weight is 386 g/mol. The zero-order valence-corrected chi connectivity index (χ0v) is 16.6. The van der Waals surface area contributed by atoms with Crippen LogP contribution in [0.25, 0.3) is 0 Å². The summed E-state index contributed by atoms with van der Waals surface area (Å²) in [5.74, 6) is 1.37. The van der Waals surface area contributed by atoms with Crippen molar-refractivity contribution >= 4 is 0 Å². The topological polar surface area (TPSA) is 83.0 Å². The van der Waals surface area contributed by atoms with E-state index in [1.807, 2.05) is 24.3 Å². The van der Waals surface area contributed by atoms with Gasteiger partial charge in [-0.3, -0.25) is 0 Å². The fraction of sp³-hybridized carbons (Fsp3) is 0.455. The van der Waals surface area contributed by atoms with Crippen molar-refractivity contribution in [3.8, 4) is 23.0 Å². The molecule has 4 N–H and O–H groups in total. The highest BCUT2D eigenvalue weighted by molar-refractivity contribution is 5.46. The van der Waals surface area contributed by atoms with Crippen molar-refractivity contribution in [1.82, 2.24) is 10.6 Å². The van der Waals surface area contributed by atoms with Gasteiger partial charge >= 0.3 is 0 Å². The molecule has 0 spiro atoms. The van der Waals surface area contributed by atoms with Crippen LogP contribution < -0.4 is 20.1 Å². The third-order valence-electron chi connectivity index (χ3n) is 5.48. The van der Waals surface area contributed by atoms with Gasteiger partial charge in [0, 0.05) is 36.3 Å². The molecular weight excluding hydrogens is 356 g/mol. The quantitative estimate of drug-likeness (QED) is 0.557. The molecule has 1 aliphatic carbocycles. The molecule has 0 aromatic heterocycles. The summed E-state index contributed by atoms with van der Waals surface area (Å²) in [5, 5.41) is 27.8. The first-order valence-corrected chi connectivity index (χ1v) is 9.80. The number of methoxy groups -OCH3 is 2. The molecule has 2 aromatic carbocycles. The average Bonchev–Trinajstić information content (AvgIpc) is 2.73. The number of hydrogen-bond donors (Lipinski definition) is 4. The van der Waals surface area contributed by atoms with E-state index in [-0.39, 0.29) is 11.5 Å². The summed E-state index contributed by atoms with van der Waals surface area (Å²) in [6.07, 6.45) is 4.52. The van der Waals surface area contributed by atoms with Gasteiger partial charge in [0.25, 0.3) is 0 Å². The van der Waals surface area contributed by atoms with E-state index in [2.05, 4.69) is 10.6 Å². The molecule has 0 heterocycles. The van der Waals surface area contributed by atoms with Crippen LogP contribution in [-0.4, -0.2) is 36.5 Å². The van der Waals surface area contributed by atoms with E-state index < -0.39 is 0 Å². The summed E-state index contributed by atoms with van der Waals surface area (Å²) in [4.78, 5) is 0. The summed E-state index contributed by atoms with van der Waals surface area (Å²) in [6.45, 7) is 1.16. The van der Waals surface area contributed by atoms with Gasteiger partial charge in [-0.15, -0.1) is 0 Å². The molecule has 28 heavy (non-hydrogen) atoms. The highest BCUT2D eigenvalue weighted by Gasteiger charge is 2.25. The molecule has 0 amide bonds. The zero-order chi connectivity index (χ0) is 19.9. The van der Waals surface area contributed by atoms with E-state index >= 15 is 0 Å². The second kappa shape index (κ2) is 9.66. The van der Waals surface area contributed by atoms with Crippen LogP contribution in [0.1, 0.15) is 36.8 Å². The molecule has 1 aliphatic rings. The molecule has 0 saturated heterocycles. The Labute approximate surface area is 166 Å².